The van der Waals surface area contributed by atoms with E-state index in [0.29, 0.717) is 5.56 Å². The van der Waals surface area contributed by atoms with E-state index in [4.69, 9.17) is 4.74 Å². The Labute approximate surface area is 95.4 Å². The van der Waals surface area contributed by atoms with Gasteiger partial charge in [0.05, 0.1) is 12.0 Å². The molecule has 1 rings (SSSR count). The largest absolute Gasteiger partial charge is 0.465 e. The summed E-state index contributed by atoms with van der Waals surface area (Å²) in [5.74, 6) is -0.508. The third kappa shape index (κ3) is 2.60. The zero-order chi connectivity index (χ0) is 12.2. The molecule has 0 spiro atoms. The van der Waals surface area contributed by atoms with Crippen molar-refractivity contribution < 1.29 is 13.9 Å². The van der Waals surface area contributed by atoms with Crippen LogP contribution < -0.4 is 0 Å². The fourth-order valence-electron chi connectivity index (χ4n) is 1.46. The number of carbonyl (C=O) groups excluding carboxylic acids is 1. The molecule has 0 heterocycles. The summed E-state index contributed by atoms with van der Waals surface area (Å²) in [5.41, 5.74) is -0.655. The Morgan fingerprint density at radius 2 is 1.94 bits per heavy atom. The smallest absolute Gasteiger partial charge is 0.314 e. The number of rotatable bonds is 4. The van der Waals surface area contributed by atoms with Gasteiger partial charge in [-0.05, 0) is 26.3 Å². The van der Waals surface area contributed by atoms with E-state index in [1.54, 1.807) is 45.0 Å². The van der Waals surface area contributed by atoms with E-state index in [1.165, 1.54) is 0 Å². The van der Waals surface area contributed by atoms with E-state index >= 15 is 0 Å². The molecule has 0 N–H and O–H groups in total. The predicted molar refractivity (Wildman–Crippen MR) is 60.7 cm³/mol. The van der Waals surface area contributed by atoms with Crippen LogP contribution in [0.3, 0.4) is 0 Å². The molecule has 0 amide bonds. The maximum atomic E-state index is 14.2. The number of halogens is 1. The molecule has 1 aromatic rings. The first kappa shape index (κ1) is 12.7. The first-order valence-electron chi connectivity index (χ1n) is 5.36. The highest BCUT2D eigenvalue weighted by Crippen LogP contribution is 2.37. The summed E-state index contributed by atoms with van der Waals surface area (Å²) in [6.07, 6.45) is -1.35. The first-order chi connectivity index (χ1) is 7.50. The Kier molecular flexibility index (Phi) is 4.05. The topological polar surface area (TPSA) is 26.3 Å². The second kappa shape index (κ2) is 5.10. The maximum absolute atomic E-state index is 14.2. The highest BCUT2D eigenvalue weighted by atomic mass is 19.1. The van der Waals surface area contributed by atoms with Gasteiger partial charge in [0.15, 0.2) is 0 Å². The molecule has 0 aliphatic rings. The number of esters is 1. The molecule has 0 aliphatic heterocycles. The summed E-state index contributed by atoms with van der Waals surface area (Å²) in [7, 11) is 0. The van der Waals surface area contributed by atoms with Crippen LogP contribution in [0.2, 0.25) is 0 Å². The minimum atomic E-state index is -1.35. The van der Waals surface area contributed by atoms with Crippen molar-refractivity contribution in [3.63, 3.8) is 0 Å². The number of benzene rings is 1. The standard InChI is InChI=1S/C13H17FO2/c1-4-16-12(15)13(2,3)11(14)10-8-6-5-7-9-10/h5-9,11H,4H2,1-3H3. The van der Waals surface area contributed by atoms with Crippen molar-refractivity contribution >= 4 is 5.97 Å². The van der Waals surface area contributed by atoms with E-state index in [2.05, 4.69) is 0 Å². The molecule has 1 aromatic carbocycles. The van der Waals surface area contributed by atoms with Gasteiger partial charge in [-0.1, -0.05) is 30.3 Å². The Balaban J connectivity index is 2.87. The number of carbonyl (C=O) groups is 1. The average Bonchev–Trinajstić information content (AvgIpc) is 2.29. The lowest BCUT2D eigenvalue weighted by Gasteiger charge is -2.26. The molecule has 0 aliphatic carbocycles. The molecule has 0 aromatic heterocycles. The van der Waals surface area contributed by atoms with Crippen LogP contribution in [0.5, 0.6) is 0 Å². The molecule has 3 heteroatoms. The predicted octanol–water partition coefficient (Wildman–Crippen LogP) is 3.29. The van der Waals surface area contributed by atoms with E-state index in [9.17, 15) is 9.18 Å². The van der Waals surface area contributed by atoms with Crippen LogP contribution >= 0.6 is 0 Å². The molecule has 0 saturated heterocycles. The Morgan fingerprint density at radius 3 is 2.44 bits per heavy atom. The highest BCUT2D eigenvalue weighted by molar-refractivity contribution is 5.77. The normalized spacial score (nSPS) is 13.2. The van der Waals surface area contributed by atoms with Crippen molar-refractivity contribution in [2.24, 2.45) is 5.41 Å². The van der Waals surface area contributed by atoms with Gasteiger partial charge in [-0.3, -0.25) is 4.79 Å². The monoisotopic (exact) mass is 224 g/mol. The molecule has 2 nitrogen and oxygen atoms in total. The second-order valence-corrected chi connectivity index (χ2v) is 4.22. The van der Waals surface area contributed by atoms with Gasteiger partial charge in [-0.15, -0.1) is 0 Å². The lowest BCUT2D eigenvalue weighted by Crippen LogP contribution is -2.31. The molecule has 16 heavy (non-hydrogen) atoms. The minimum absolute atomic E-state index is 0.268. The third-order valence-corrected chi connectivity index (χ3v) is 2.53. The van der Waals surface area contributed by atoms with Crippen LogP contribution in [-0.4, -0.2) is 12.6 Å². The maximum Gasteiger partial charge on any atom is 0.314 e. The van der Waals surface area contributed by atoms with E-state index in [1.807, 2.05) is 6.07 Å². The lowest BCUT2D eigenvalue weighted by molar-refractivity contribution is -0.157. The van der Waals surface area contributed by atoms with Crippen molar-refractivity contribution in [2.75, 3.05) is 6.61 Å². The number of ether oxygens (including phenoxy) is 1. The molecular formula is C13H17FO2. The summed E-state index contributed by atoms with van der Waals surface area (Å²) in [5, 5.41) is 0. The van der Waals surface area contributed by atoms with Gasteiger partial charge in [-0.2, -0.15) is 0 Å². The SMILES string of the molecule is CCOC(=O)C(C)(C)C(F)c1ccccc1. The van der Waals surface area contributed by atoms with Gasteiger partial charge in [0.1, 0.15) is 6.17 Å². The lowest BCUT2D eigenvalue weighted by atomic mass is 9.84. The molecule has 1 unspecified atom stereocenters. The number of alkyl halides is 1. The van der Waals surface area contributed by atoms with Crippen LogP contribution in [0.1, 0.15) is 32.5 Å². The summed E-state index contributed by atoms with van der Waals surface area (Å²) in [6, 6.07) is 8.66. The fourth-order valence-corrected chi connectivity index (χ4v) is 1.46. The van der Waals surface area contributed by atoms with Gasteiger partial charge >= 0.3 is 5.97 Å². The highest BCUT2D eigenvalue weighted by Gasteiger charge is 2.39. The zero-order valence-corrected chi connectivity index (χ0v) is 9.87. The molecule has 0 bridgehead atoms. The quantitative estimate of drug-likeness (QED) is 0.733. The van der Waals surface area contributed by atoms with Crippen LogP contribution in [0.15, 0.2) is 30.3 Å². The van der Waals surface area contributed by atoms with Crippen molar-refractivity contribution in [1.82, 2.24) is 0 Å². The molecule has 0 saturated carbocycles. The third-order valence-electron chi connectivity index (χ3n) is 2.53. The molecule has 0 radical (unpaired) electrons. The van der Waals surface area contributed by atoms with Crippen molar-refractivity contribution in [1.29, 1.82) is 0 Å². The van der Waals surface area contributed by atoms with Gasteiger partial charge in [-0.25, -0.2) is 4.39 Å². The zero-order valence-electron chi connectivity index (χ0n) is 9.87. The second-order valence-electron chi connectivity index (χ2n) is 4.22. The van der Waals surface area contributed by atoms with E-state index < -0.39 is 17.6 Å². The van der Waals surface area contributed by atoms with Gasteiger partial charge in [0.25, 0.3) is 0 Å². The average molecular weight is 224 g/mol. The number of hydrogen-bond donors (Lipinski definition) is 0. The molecule has 88 valence electrons. The van der Waals surface area contributed by atoms with Crippen molar-refractivity contribution in [3.8, 4) is 0 Å². The van der Waals surface area contributed by atoms with Gasteiger partial charge < -0.3 is 4.74 Å². The number of hydrogen-bond acceptors (Lipinski definition) is 2. The van der Waals surface area contributed by atoms with Crippen LogP contribution in [0.4, 0.5) is 4.39 Å². The van der Waals surface area contributed by atoms with Crippen LogP contribution in [0, 0.1) is 5.41 Å². The molecule has 0 fully saturated rings. The summed E-state index contributed by atoms with van der Waals surface area (Å²) < 4.78 is 19.1. The fraction of sp³-hybridized carbons (Fsp3) is 0.462. The summed E-state index contributed by atoms with van der Waals surface area (Å²) >= 11 is 0. The Bertz CT molecular complexity index is 346. The Hall–Kier alpha value is -1.38. The van der Waals surface area contributed by atoms with Gasteiger partial charge in [0.2, 0.25) is 0 Å². The van der Waals surface area contributed by atoms with Crippen molar-refractivity contribution in [2.45, 2.75) is 26.9 Å². The molecule has 1 atom stereocenters. The summed E-state index contributed by atoms with van der Waals surface area (Å²) in [6.45, 7) is 5.10. The minimum Gasteiger partial charge on any atom is -0.465 e. The van der Waals surface area contributed by atoms with E-state index in [-0.39, 0.29) is 6.61 Å². The summed E-state index contributed by atoms with van der Waals surface area (Å²) in [4.78, 5) is 11.6. The van der Waals surface area contributed by atoms with Crippen molar-refractivity contribution in [3.05, 3.63) is 35.9 Å². The van der Waals surface area contributed by atoms with Crippen LogP contribution in [-0.2, 0) is 9.53 Å². The molecular weight excluding hydrogens is 207 g/mol. The Morgan fingerprint density at radius 1 is 1.38 bits per heavy atom. The first-order valence-corrected chi connectivity index (χ1v) is 5.36. The van der Waals surface area contributed by atoms with E-state index in [0.717, 1.165) is 0 Å². The van der Waals surface area contributed by atoms with Crippen LogP contribution in [0.25, 0.3) is 0 Å². The van der Waals surface area contributed by atoms with Gasteiger partial charge in [0, 0.05) is 0 Å².